The van der Waals surface area contributed by atoms with Crippen molar-refractivity contribution in [1.29, 1.82) is 0 Å². The Morgan fingerprint density at radius 3 is 2.77 bits per heavy atom. The second-order valence-electron chi connectivity index (χ2n) is 7.83. The highest BCUT2D eigenvalue weighted by Gasteiger charge is 2.43. The van der Waals surface area contributed by atoms with Crippen LogP contribution in [0.1, 0.15) is 24.2 Å². The first-order chi connectivity index (χ1) is 15.0. The summed E-state index contributed by atoms with van der Waals surface area (Å²) in [6.07, 6.45) is 4.50. The zero-order valence-electron chi connectivity index (χ0n) is 16.6. The molecule has 1 aliphatic rings. The molecule has 1 aromatic carbocycles. The van der Waals surface area contributed by atoms with Gasteiger partial charge in [-0.1, -0.05) is 40.8 Å². The quantitative estimate of drug-likeness (QED) is 0.207. The summed E-state index contributed by atoms with van der Waals surface area (Å²) in [4.78, 5) is 13.5. The molecule has 4 N–H and O–H groups in total. The molecule has 1 aliphatic carbocycles. The molecule has 0 saturated heterocycles. The third-order valence-electron chi connectivity index (χ3n) is 5.77. The van der Waals surface area contributed by atoms with E-state index in [-0.39, 0.29) is 18.6 Å². The fourth-order valence-electron chi connectivity index (χ4n) is 3.86. The lowest BCUT2D eigenvalue weighted by atomic mass is 9.76. The molecule has 158 valence electrons. The number of hydrogen-bond donors (Lipinski definition) is 3. The number of pyridine rings is 1. The maximum absolute atomic E-state index is 9.68. The third-order valence-corrected chi connectivity index (χ3v) is 7.20. The molecule has 0 spiro atoms. The van der Waals surface area contributed by atoms with E-state index < -0.39 is 3.55 Å². The van der Waals surface area contributed by atoms with E-state index in [4.69, 9.17) is 10.7 Å². The van der Waals surface area contributed by atoms with Gasteiger partial charge in [0.25, 0.3) is 5.95 Å². The Bertz CT molecular complexity index is 1250. The SMILES string of the molecule is NC(I)(c1cccc(-c2ccc3cnn(-c4nccc(CO)n4)c3c2)n1)C1CC(O)C1. The molecule has 0 aliphatic heterocycles. The Morgan fingerprint density at radius 1 is 1.16 bits per heavy atom. The van der Waals surface area contributed by atoms with Crippen LogP contribution in [0.2, 0.25) is 0 Å². The number of nitrogens with two attached hydrogens (primary N) is 1. The van der Waals surface area contributed by atoms with Gasteiger partial charge >= 0.3 is 0 Å². The minimum absolute atomic E-state index is 0.161. The molecular formula is C22H21IN6O2. The minimum Gasteiger partial charge on any atom is -0.393 e. The zero-order valence-corrected chi connectivity index (χ0v) is 18.7. The van der Waals surface area contributed by atoms with Crippen molar-refractivity contribution >= 4 is 33.5 Å². The Balaban J connectivity index is 1.54. The highest BCUT2D eigenvalue weighted by Crippen LogP contribution is 2.45. The average Bonchev–Trinajstić information content (AvgIpc) is 3.20. The number of aliphatic hydroxyl groups is 2. The monoisotopic (exact) mass is 528 g/mol. The van der Waals surface area contributed by atoms with Crippen LogP contribution in [0, 0.1) is 5.92 Å². The molecule has 31 heavy (non-hydrogen) atoms. The summed E-state index contributed by atoms with van der Waals surface area (Å²) in [6.45, 7) is -0.161. The lowest BCUT2D eigenvalue weighted by Crippen LogP contribution is -2.47. The van der Waals surface area contributed by atoms with E-state index >= 15 is 0 Å². The molecule has 3 aromatic heterocycles. The lowest BCUT2D eigenvalue weighted by Gasteiger charge is -2.41. The van der Waals surface area contributed by atoms with E-state index in [0.29, 0.717) is 24.5 Å². The summed E-state index contributed by atoms with van der Waals surface area (Å²) >= 11 is 2.25. The summed E-state index contributed by atoms with van der Waals surface area (Å²) in [5.74, 6) is 0.600. The van der Waals surface area contributed by atoms with Crippen LogP contribution in [0.4, 0.5) is 0 Å². The normalized spacial score (nSPS) is 20.4. The molecule has 1 saturated carbocycles. The molecule has 4 aromatic rings. The van der Waals surface area contributed by atoms with Gasteiger partial charge in [0.1, 0.15) is 3.55 Å². The number of aliphatic hydroxyl groups excluding tert-OH is 2. The van der Waals surface area contributed by atoms with Crippen molar-refractivity contribution in [3.63, 3.8) is 0 Å². The number of rotatable bonds is 5. The molecule has 1 fully saturated rings. The van der Waals surface area contributed by atoms with Crippen molar-refractivity contribution in [2.45, 2.75) is 29.1 Å². The summed E-state index contributed by atoms with van der Waals surface area (Å²) in [5.41, 5.74) is 10.5. The lowest BCUT2D eigenvalue weighted by molar-refractivity contribution is 0.0266. The van der Waals surface area contributed by atoms with Crippen LogP contribution in [-0.2, 0) is 10.2 Å². The second-order valence-corrected chi connectivity index (χ2v) is 9.62. The van der Waals surface area contributed by atoms with Gasteiger partial charge in [-0.2, -0.15) is 9.78 Å². The van der Waals surface area contributed by atoms with E-state index in [1.165, 1.54) is 0 Å². The fourth-order valence-corrected chi connectivity index (χ4v) is 4.67. The Morgan fingerprint density at radius 2 is 2.00 bits per heavy atom. The Labute approximate surface area is 192 Å². The van der Waals surface area contributed by atoms with Gasteiger partial charge in [0.2, 0.25) is 0 Å². The molecule has 0 bridgehead atoms. The number of benzene rings is 1. The topological polar surface area (TPSA) is 123 Å². The van der Waals surface area contributed by atoms with Crippen molar-refractivity contribution in [2.75, 3.05) is 0 Å². The minimum atomic E-state index is -0.628. The van der Waals surface area contributed by atoms with Crippen molar-refractivity contribution in [3.05, 3.63) is 66.2 Å². The van der Waals surface area contributed by atoms with Crippen molar-refractivity contribution in [3.8, 4) is 17.2 Å². The highest BCUT2D eigenvalue weighted by molar-refractivity contribution is 14.1. The van der Waals surface area contributed by atoms with Crippen molar-refractivity contribution in [1.82, 2.24) is 24.7 Å². The fraction of sp³-hybridized carbons (Fsp3) is 0.273. The molecule has 9 heteroatoms. The number of halogens is 1. The first kappa shape index (κ1) is 20.4. The third kappa shape index (κ3) is 3.71. The summed E-state index contributed by atoms with van der Waals surface area (Å²) in [6, 6.07) is 13.5. The summed E-state index contributed by atoms with van der Waals surface area (Å²) < 4.78 is 1.03. The van der Waals surface area contributed by atoms with E-state index in [1.807, 2.05) is 36.4 Å². The maximum Gasteiger partial charge on any atom is 0.251 e. The molecule has 5 rings (SSSR count). The predicted molar refractivity (Wildman–Crippen MR) is 124 cm³/mol. The highest BCUT2D eigenvalue weighted by atomic mass is 127. The molecule has 0 amide bonds. The van der Waals surface area contributed by atoms with Gasteiger partial charge in [-0.25, -0.2) is 15.0 Å². The van der Waals surface area contributed by atoms with Crippen molar-refractivity contribution in [2.24, 2.45) is 11.7 Å². The van der Waals surface area contributed by atoms with Crippen molar-refractivity contribution < 1.29 is 10.2 Å². The standard InChI is InChI=1S/C22H21IN6O2/c23-22(24,15-9-17(31)10-15)20-3-1-2-18(28-20)13-4-5-14-11-26-29(19(14)8-13)21-25-7-6-16(12-30)27-21/h1-8,11,15,17,30-31H,9-10,12,24H2. The van der Waals surface area contributed by atoms with Gasteiger partial charge in [-0.05, 0) is 43.0 Å². The number of hydrogen-bond acceptors (Lipinski definition) is 7. The smallest absolute Gasteiger partial charge is 0.251 e. The van der Waals surface area contributed by atoms with Gasteiger partial charge in [0.15, 0.2) is 0 Å². The molecule has 1 atom stereocenters. The van der Waals surface area contributed by atoms with Crippen LogP contribution >= 0.6 is 22.6 Å². The van der Waals surface area contributed by atoms with Gasteiger partial charge < -0.3 is 15.9 Å². The van der Waals surface area contributed by atoms with E-state index in [0.717, 1.165) is 27.9 Å². The van der Waals surface area contributed by atoms with Crippen LogP contribution in [0.15, 0.2) is 54.9 Å². The second kappa shape index (κ2) is 7.90. The van der Waals surface area contributed by atoms with Crippen LogP contribution in [0.5, 0.6) is 0 Å². The summed E-state index contributed by atoms with van der Waals surface area (Å²) in [5, 5.41) is 24.4. The first-order valence-electron chi connectivity index (χ1n) is 10.0. The van der Waals surface area contributed by atoms with Crippen LogP contribution in [0.3, 0.4) is 0 Å². The first-order valence-corrected chi connectivity index (χ1v) is 11.1. The molecule has 8 nitrogen and oxygen atoms in total. The number of aromatic nitrogens is 5. The molecule has 0 radical (unpaired) electrons. The molecule has 3 heterocycles. The van der Waals surface area contributed by atoms with E-state index in [1.54, 1.807) is 23.1 Å². The number of alkyl halides is 1. The van der Waals surface area contributed by atoms with Crippen LogP contribution < -0.4 is 5.73 Å². The maximum atomic E-state index is 9.68. The predicted octanol–water partition coefficient (Wildman–Crippen LogP) is 2.69. The largest absolute Gasteiger partial charge is 0.393 e. The Hall–Kier alpha value is -2.47. The van der Waals surface area contributed by atoms with Crippen LogP contribution in [0.25, 0.3) is 28.1 Å². The number of nitrogens with zero attached hydrogens (tertiary/aromatic N) is 5. The van der Waals surface area contributed by atoms with Gasteiger partial charge in [0.05, 0.1) is 41.5 Å². The molecule has 1 unspecified atom stereocenters. The van der Waals surface area contributed by atoms with Gasteiger partial charge in [-0.15, -0.1) is 0 Å². The van der Waals surface area contributed by atoms with E-state index in [9.17, 15) is 10.2 Å². The van der Waals surface area contributed by atoms with Gasteiger partial charge in [0, 0.05) is 17.1 Å². The number of fused-ring (bicyclic) bond motifs is 1. The van der Waals surface area contributed by atoms with Crippen LogP contribution in [-0.4, -0.2) is 41.0 Å². The van der Waals surface area contributed by atoms with Gasteiger partial charge in [-0.3, -0.25) is 0 Å². The molecular weight excluding hydrogens is 507 g/mol. The zero-order chi connectivity index (χ0) is 21.6. The van der Waals surface area contributed by atoms with E-state index in [2.05, 4.69) is 37.7 Å². The average molecular weight is 528 g/mol. The Kier molecular flexibility index (Phi) is 5.21. The summed E-state index contributed by atoms with van der Waals surface area (Å²) in [7, 11) is 0.